The molecule has 0 aliphatic carbocycles. The Morgan fingerprint density at radius 2 is 2.29 bits per heavy atom. The van der Waals surface area contributed by atoms with Crippen molar-refractivity contribution < 1.29 is 19.7 Å². The highest BCUT2D eigenvalue weighted by Crippen LogP contribution is 2.01. The molecular weight excluding hydrogens is 337 g/mol. The molecule has 6 heteroatoms. The molecule has 0 saturated heterocycles. The third-order valence-electron chi connectivity index (χ3n) is 2.04. The molecule has 0 heterocycles. The van der Waals surface area contributed by atoms with Crippen molar-refractivity contribution in [3.05, 3.63) is 12.3 Å². The van der Waals surface area contributed by atoms with Crippen LogP contribution in [0.1, 0.15) is 19.8 Å². The van der Waals surface area contributed by atoms with E-state index in [-0.39, 0.29) is 13.2 Å². The van der Waals surface area contributed by atoms with E-state index in [4.69, 9.17) is 9.84 Å². The van der Waals surface area contributed by atoms with Crippen LogP contribution in [-0.4, -0.2) is 51.4 Å². The molecule has 1 unspecified atom stereocenters. The van der Waals surface area contributed by atoms with Crippen molar-refractivity contribution in [3.8, 4) is 0 Å². The largest absolute Gasteiger partial charge is 0.418 e. The second-order valence-corrected chi connectivity index (χ2v) is 4.43. The van der Waals surface area contributed by atoms with Crippen LogP contribution in [0.4, 0.5) is 4.79 Å². The van der Waals surface area contributed by atoms with E-state index in [0.29, 0.717) is 6.54 Å². The Morgan fingerprint density at radius 1 is 1.59 bits per heavy atom. The molecule has 0 aromatic carbocycles. The van der Waals surface area contributed by atoms with Gasteiger partial charge in [0.05, 0.1) is 25.5 Å². The first-order valence-corrected chi connectivity index (χ1v) is 7.13. The van der Waals surface area contributed by atoms with E-state index in [2.05, 4.69) is 22.6 Å². The van der Waals surface area contributed by atoms with Crippen LogP contribution in [0.3, 0.4) is 0 Å². The fourth-order valence-corrected chi connectivity index (χ4v) is 1.34. The molecule has 2 N–H and O–H groups in total. The molecule has 0 rings (SSSR count). The van der Waals surface area contributed by atoms with Gasteiger partial charge in [-0.05, 0) is 12.5 Å². The molecule has 0 aromatic rings. The topological polar surface area (TPSA) is 70.0 Å². The predicted octanol–water partition coefficient (Wildman–Crippen LogP) is 1.53. The second kappa shape index (κ2) is 10.8. The number of aliphatic hydroxyl groups excluding tert-OH is 2. The lowest BCUT2D eigenvalue weighted by atomic mass is 10.3. The fraction of sp³-hybridized carbons (Fsp3) is 0.727. The van der Waals surface area contributed by atoms with Crippen molar-refractivity contribution in [2.24, 2.45) is 0 Å². The third kappa shape index (κ3) is 8.39. The highest BCUT2D eigenvalue weighted by molar-refractivity contribution is 14.1. The average molecular weight is 357 g/mol. The minimum Gasteiger partial charge on any atom is -0.418 e. The Hall–Kier alpha value is -0.340. The summed E-state index contributed by atoms with van der Waals surface area (Å²) >= 11 is 2.14. The number of carbonyl (C=O) groups excluding carboxylic acids is 1. The summed E-state index contributed by atoms with van der Waals surface area (Å²) in [6.45, 7) is 2.26. The molecule has 0 aliphatic rings. The van der Waals surface area contributed by atoms with Crippen LogP contribution in [0, 0.1) is 0 Å². The highest BCUT2D eigenvalue weighted by atomic mass is 127. The van der Waals surface area contributed by atoms with Crippen LogP contribution in [0.15, 0.2) is 12.3 Å². The van der Waals surface area contributed by atoms with Gasteiger partial charge in [0, 0.05) is 11.0 Å². The second-order valence-electron chi connectivity index (χ2n) is 3.55. The summed E-state index contributed by atoms with van der Waals surface area (Å²) in [4.78, 5) is 13.0. The standard InChI is InChI=1S/C11H20INO4/c1-2-3-6-13(8-10(15)9-14)11(16)17-7-4-5-12/h4,7,10,14-15H,2-3,5-6,8-9H2,1H3/b7-4+. The number of amides is 1. The molecular formula is C11H20INO4. The van der Waals surface area contributed by atoms with E-state index in [0.717, 1.165) is 17.3 Å². The van der Waals surface area contributed by atoms with Crippen molar-refractivity contribution in [1.82, 2.24) is 4.90 Å². The molecule has 5 nitrogen and oxygen atoms in total. The Kier molecular flexibility index (Phi) is 10.6. The third-order valence-corrected chi connectivity index (χ3v) is 2.54. The van der Waals surface area contributed by atoms with Crippen LogP contribution in [0.2, 0.25) is 0 Å². The van der Waals surface area contributed by atoms with Gasteiger partial charge in [0.25, 0.3) is 0 Å². The van der Waals surface area contributed by atoms with Gasteiger partial charge in [0.2, 0.25) is 0 Å². The predicted molar refractivity (Wildman–Crippen MR) is 74.1 cm³/mol. The van der Waals surface area contributed by atoms with E-state index < -0.39 is 12.2 Å². The summed E-state index contributed by atoms with van der Waals surface area (Å²) in [5.74, 6) is 0. The van der Waals surface area contributed by atoms with Gasteiger partial charge >= 0.3 is 6.09 Å². The van der Waals surface area contributed by atoms with Gasteiger partial charge < -0.3 is 19.8 Å². The van der Waals surface area contributed by atoms with Crippen molar-refractivity contribution in [2.75, 3.05) is 24.1 Å². The Balaban J connectivity index is 4.23. The summed E-state index contributed by atoms with van der Waals surface area (Å²) in [5, 5.41) is 18.1. The fourth-order valence-electron chi connectivity index (χ4n) is 1.14. The molecule has 1 amide bonds. The molecule has 17 heavy (non-hydrogen) atoms. The van der Waals surface area contributed by atoms with E-state index in [1.165, 1.54) is 11.2 Å². The van der Waals surface area contributed by atoms with Crippen molar-refractivity contribution in [1.29, 1.82) is 0 Å². The first-order chi connectivity index (χ1) is 8.15. The van der Waals surface area contributed by atoms with Crippen LogP contribution in [-0.2, 0) is 4.74 Å². The number of carbonyl (C=O) groups is 1. The number of aliphatic hydroxyl groups is 2. The van der Waals surface area contributed by atoms with E-state index >= 15 is 0 Å². The number of halogens is 1. The molecule has 0 spiro atoms. The Morgan fingerprint density at radius 3 is 2.82 bits per heavy atom. The van der Waals surface area contributed by atoms with Crippen LogP contribution >= 0.6 is 22.6 Å². The van der Waals surface area contributed by atoms with Crippen LogP contribution < -0.4 is 0 Å². The zero-order valence-electron chi connectivity index (χ0n) is 10.0. The molecule has 100 valence electrons. The quantitative estimate of drug-likeness (QED) is 0.393. The summed E-state index contributed by atoms with van der Waals surface area (Å²) in [5.41, 5.74) is 0. The minimum atomic E-state index is -0.923. The van der Waals surface area contributed by atoms with Crippen molar-refractivity contribution in [3.63, 3.8) is 0 Å². The zero-order chi connectivity index (χ0) is 13.1. The van der Waals surface area contributed by atoms with Gasteiger partial charge in [0.15, 0.2) is 0 Å². The number of ether oxygens (including phenoxy) is 1. The zero-order valence-corrected chi connectivity index (χ0v) is 12.2. The maximum absolute atomic E-state index is 11.6. The number of hydrogen-bond donors (Lipinski definition) is 2. The lowest BCUT2D eigenvalue weighted by Crippen LogP contribution is -2.39. The Bertz CT molecular complexity index is 236. The van der Waals surface area contributed by atoms with Gasteiger partial charge in [-0.25, -0.2) is 4.79 Å². The molecule has 0 aliphatic heterocycles. The van der Waals surface area contributed by atoms with Gasteiger partial charge in [0.1, 0.15) is 0 Å². The minimum absolute atomic E-state index is 0.0907. The van der Waals surface area contributed by atoms with Crippen LogP contribution in [0.5, 0.6) is 0 Å². The highest BCUT2D eigenvalue weighted by Gasteiger charge is 2.17. The number of rotatable bonds is 8. The Labute approximate surface area is 116 Å². The van der Waals surface area contributed by atoms with Gasteiger partial charge in [-0.15, -0.1) is 0 Å². The molecule has 1 atom stereocenters. The summed E-state index contributed by atoms with van der Waals surface area (Å²) < 4.78 is 5.66. The number of nitrogens with zero attached hydrogens (tertiary/aromatic N) is 1. The van der Waals surface area contributed by atoms with Gasteiger partial charge in [-0.2, -0.15) is 0 Å². The van der Waals surface area contributed by atoms with E-state index in [1.807, 2.05) is 6.92 Å². The first kappa shape index (κ1) is 16.7. The molecule has 0 saturated carbocycles. The van der Waals surface area contributed by atoms with E-state index in [9.17, 15) is 9.90 Å². The number of allylic oxidation sites excluding steroid dienone is 1. The first-order valence-electron chi connectivity index (χ1n) is 5.61. The SMILES string of the molecule is CCCCN(CC(O)CO)C(=O)O/C=C/CI. The van der Waals surface area contributed by atoms with Crippen molar-refractivity contribution in [2.45, 2.75) is 25.9 Å². The lowest BCUT2D eigenvalue weighted by Gasteiger charge is -2.22. The summed E-state index contributed by atoms with van der Waals surface area (Å²) in [6.07, 6.45) is 3.43. The smallest absolute Gasteiger partial charge is 0.414 e. The van der Waals surface area contributed by atoms with Gasteiger partial charge in [-0.3, -0.25) is 0 Å². The van der Waals surface area contributed by atoms with Crippen LogP contribution in [0.25, 0.3) is 0 Å². The van der Waals surface area contributed by atoms with Crippen molar-refractivity contribution >= 4 is 28.7 Å². The molecule has 0 fully saturated rings. The van der Waals surface area contributed by atoms with Gasteiger partial charge in [-0.1, -0.05) is 35.9 Å². The summed E-state index contributed by atoms with van der Waals surface area (Å²) in [7, 11) is 0. The maximum Gasteiger partial charge on any atom is 0.414 e. The normalized spacial score (nSPS) is 12.7. The van der Waals surface area contributed by atoms with E-state index in [1.54, 1.807) is 6.08 Å². The number of hydrogen-bond acceptors (Lipinski definition) is 4. The molecule has 0 radical (unpaired) electrons. The lowest BCUT2D eigenvalue weighted by molar-refractivity contribution is 0.0556. The molecule has 0 bridgehead atoms. The number of alkyl halides is 1. The average Bonchev–Trinajstić information content (AvgIpc) is 2.34. The summed E-state index contributed by atoms with van der Waals surface area (Å²) in [6, 6.07) is 0. The number of unbranched alkanes of at least 4 members (excludes halogenated alkanes) is 1. The maximum atomic E-state index is 11.6. The monoisotopic (exact) mass is 357 g/mol. The molecule has 0 aromatic heterocycles.